The first-order valence-corrected chi connectivity index (χ1v) is 9.63. The Morgan fingerprint density at radius 3 is 2.68 bits per heavy atom. The largest absolute Gasteiger partial charge is 0.333 e. The Bertz CT molecular complexity index is 786. The molecule has 1 aromatic heterocycles. The predicted octanol–water partition coefficient (Wildman–Crippen LogP) is 4.07. The number of nitrogens with zero attached hydrogens (tertiary/aromatic N) is 3. The lowest BCUT2D eigenvalue weighted by atomic mass is 10.0. The van der Waals surface area contributed by atoms with Crippen LogP contribution in [0.5, 0.6) is 0 Å². The first-order chi connectivity index (χ1) is 12.2. The molecule has 0 atom stereocenters. The van der Waals surface area contributed by atoms with Gasteiger partial charge in [-0.2, -0.15) is 5.10 Å². The van der Waals surface area contributed by atoms with Crippen molar-refractivity contribution in [2.75, 3.05) is 6.54 Å². The SMILES string of the molecule is CCc1nn(C2CCCC2)c2c1CCN(Cc1ccccc1C)C2=O. The highest BCUT2D eigenvalue weighted by Gasteiger charge is 2.34. The third-order valence-corrected chi connectivity index (χ3v) is 5.84. The fraction of sp³-hybridized carbons (Fsp3) is 0.524. The first-order valence-electron chi connectivity index (χ1n) is 9.63. The average Bonchev–Trinajstić information content (AvgIpc) is 3.26. The number of aryl methyl sites for hydroxylation is 2. The van der Waals surface area contributed by atoms with Crippen LogP contribution in [-0.2, 0) is 19.4 Å². The van der Waals surface area contributed by atoms with Gasteiger partial charge in [-0.3, -0.25) is 9.48 Å². The molecule has 4 rings (SSSR count). The van der Waals surface area contributed by atoms with Crippen molar-refractivity contribution in [2.24, 2.45) is 0 Å². The van der Waals surface area contributed by atoms with Gasteiger partial charge in [0.25, 0.3) is 5.91 Å². The Kier molecular flexibility index (Phi) is 4.36. The van der Waals surface area contributed by atoms with Crippen molar-refractivity contribution >= 4 is 5.91 Å². The number of hydrogen-bond donors (Lipinski definition) is 0. The number of carbonyl (C=O) groups excluding carboxylic acids is 1. The molecular formula is C21H27N3O. The molecule has 1 aliphatic carbocycles. The van der Waals surface area contributed by atoms with E-state index in [1.165, 1.54) is 29.5 Å². The molecule has 25 heavy (non-hydrogen) atoms. The summed E-state index contributed by atoms with van der Waals surface area (Å²) in [6, 6.07) is 8.77. The number of carbonyl (C=O) groups is 1. The van der Waals surface area contributed by atoms with Crippen molar-refractivity contribution in [1.29, 1.82) is 0 Å². The lowest BCUT2D eigenvalue weighted by molar-refractivity contribution is 0.0710. The van der Waals surface area contributed by atoms with Crippen LogP contribution in [0.25, 0.3) is 0 Å². The minimum Gasteiger partial charge on any atom is -0.333 e. The van der Waals surface area contributed by atoms with Crippen LogP contribution in [0.1, 0.15) is 71.5 Å². The van der Waals surface area contributed by atoms with Gasteiger partial charge in [-0.15, -0.1) is 0 Å². The molecule has 1 aliphatic heterocycles. The second-order valence-corrected chi connectivity index (χ2v) is 7.41. The molecule has 132 valence electrons. The van der Waals surface area contributed by atoms with E-state index in [2.05, 4.69) is 42.8 Å². The van der Waals surface area contributed by atoms with Crippen molar-refractivity contribution in [3.8, 4) is 0 Å². The first kappa shape index (κ1) is 16.4. The second kappa shape index (κ2) is 6.66. The highest BCUT2D eigenvalue weighted by Crippen LogP contribution is 2.34. The summed E-state index contributed by atoms with van der Waals surface area (Å²) in [5.41, 5.74) is 5.71. The molecular weight excluding hydrogens is 310 g/mol. The molecule has 2 aromatic rings. The number of amides is 1. The maximum atomic E-state index is 13.3. The Hall–Kier alpha value is -2.10. The third kappa shape index (κ3) is 2.88. The Morgan fingerprint density at radius 2 is 1.96 bits per heavy atom. The summed E-state index contributed by atoms with van der Waals surface area (Å²) in [5.74, 6) is 0.170. The topological polar surface area (TPSA) is 38.1 Å². The standard InChI is InChI=1S/C21H27N3O/c1-3-19-18-12-13-23(14-16-9-5-4-8-15(16)2)21(25)20(18)24(22-19)17-10-6-7-11-17/h4-5,8-9,17H,3,6-7,10-14H2,1-2H3. The highest BCUT2D eigenvalue weighted by molar-refractivity contribution is 5.95. The average molecular weight is 337 g/mol. The van der Waals surface area contributed by atoms with Crippen LogP contribution < -0.4 is 0 Å². The van der Waals surface area contributed by atoms with Gasteiger partial charge in [0.05, 0.1) is 11.7 Å². The molecule has 4 nitrogen and oxygen atoms in total. The van der Waals surface area contributed by atoms with E-state index in [9.17, 15) is 4.79 Å². The second-order valence-electron chi connectivity index (χ2n) is 7.41. The van der Waals surface area contributed by atoms with Gasteiger partial charge in [-0.05, 0) is 43.7 Å². The molecule has 2 aliphatic rings. The fourth-order valence-corrected chi connectivity index (χ4v) is 4.34. The van der Waals surface area contributed by atoms with Gasteiger partial charge in [-0.25, -0.2) is 0 Å². The van der Waals surface area contributed by atoms with E-state index >= 15 is 0 Å². The third-order valence-electron chi connectivity index (χ3n) is 5.84. The molecule has 0 radical (unpaired) electrons. The smallest absolute Gasteiger partial charge is 0.272 e. The molecule has 0 unspecified atom stereocenters. The Morgan fingerprint density at radius 1 is 1.20 bits per heavy atom. The molecule has 4 heteroatoms. The lowest BCUT2D eigenvalue weighted by Gasteiger charge is -2.29. The summed E-state index contributed by atoms with van der Waals surface area (Å²) in [7, 11) is 0. The number of hydrogen-bond acceptors (Lipinski definition) is 2. The summed E-state index contributed by atoms with van der Waals surface area (Å²) in [6.45, 7) is 5.75. The molecule has 0 saturated heterocycles. The van der Waals surface area contributed by atoms with Crippen molar-refractivity contribution < 1.29 is 4.79 Å². The summed E-state index contributed by atoms with van der Waals surface area (Å²) in [5, 5.41) is 4.87. The van der Waals surface area contributed by atoms with Crippen LogP contribution >= 0.6 is 0 Å². The Labute approximate surface area is 149 Å². The van der Waals surface area contributed by atoms with E-state index in [1.807, 2.05) is 4.90 Å². The van der Waals surface area contributed by atoms with Crippen LogP contribution in [0.3, 0.4) is 0 Å². The lowest BCUT2D eigenvalue weighted by Crippen LogP contribution is -2.38. The monoisotopic (exact) mass is 337 g/mol. The Balaban J connectivity index is 1.67. The number of benzene rings is 1. The summed E-state index contributed by atoms with van der Waals surface area (Å²) < 4.78 is 2.09. The molecule has 0 N–H and O–H groups in total. The summed E-state index contributed by atoms with van der Waals surface area (Å²) >= 11 is 0. The molecule has 1 saturated carbocycles. The van der Waals surface area contributed by atoms with Crippen molar-refractivity contribution in [3.63, 3.8) is 0 Å². The quantitative estimate of drug-likeness (QED) is 0.843. The minimum absolute atomic E-state index is 0.170. The van der Waals surface area contributed by atoms with Crippen LogP contribution in [0.15, 0.2) is 24.3 Å². The number of fused-ring (bicyclic) bond motifs is 1. The maximum absolute atomic E-state index is 13.3. The van der Waals surface area contributed by atoms with Gasteiger partial charge in [0.1, 0.15) is 5.69 Å². The van der Waals surface area contributed by atoms with Crippen molar-refractivity contribution in [3.05, 3.63) is 52.3 Å². The number of aromatic nitrogens is 2. The van der Waals surface area contributed by atoms with E-state index in [-0.39, 0.29) is 5.91 Å². The van der Waals surface area contributed by atoms with Gasteiger partial charge >= 0.3 is 0 Å². The van der Waals surface area contributed by atoms with Crippen molar-refractivity contribution in [1.82, 2.24) is 14.7 Å². The van der Waals surface area contributed by atoms with Crippen LogP contribution in [0.4, 0.5) is 0 Å². The zero-order chi connectivity index (χ0) is 17.4. The van der Waals surface area contributed by atoms with Gasteiger partial charge in [0.15, 0.2) is 0 Å². The molecule has 1 amide bonds. The van der Waals surface area contributed by atoms with E-state index in [0.29, 0.717) is 12.6 Å². The molecule has 1 aromatic carbocycles. The van der Waals surface area contributed by atoms with E-state index in [1.54, 1.807) is 0 Å². The summed E-state index contributed by atoms with van der Waals surface area (Å²) in [4.78, 5) is 15.3. The molecule has 0 spiro atoms. The predicted molar refractivity (Wildman–Crippen MR) is 98.7 cm³/mol. The van der Waals surface area contributed by atoms with Gasteiger partial charge in [-0.1, -0.05) is 44.0 Å². The van der Waals surface area contributed by atoms with Gasteiger partial charge in [0, 0.05) is 18.7 Å². The van der Waals surface area contributed by atoms with Gasteiger partial charge < -0.3 is 4.90 Å². The zero-order valence-corrected chi connectivity index (χ0v) is 15.3. The molecule has 1 fully saturated rings. The number of rotatable bonds is 4. The zero-order valence-electron chi connectivity index (χ0n) is 15.3. The summed E-state index contributed by atoms with van der Waals surface area (Å²) in [6.07, 6.45) is 6.66. The molecule has 0 bridgehead atoms. The fourth-order valence-electron chi connectivity index (χ4n) is 4.34. The van der Waals surface area contributed by atoms with Crippen LogP contribution in [0, 0.1) is 6.92 Å². The highest BCUT2D eigenvalue weighted by atomic mass is 16.2. The van der Waals surface area contributed by atoms with E-state index < -0.39 is 0 Å². The van der Waals surface area contributed by atoms with Crippen molar-refractivity contribution in [2.45, 2.75) is 65.0 Å². The van der Waals surface area contributed by atoms with Crippen LogP contribution in [0.2, 0.25) is 0 Å². The minimum atomic E-state index is 0.170. The van der Waals surface area contributed by atoms with E-state index in [0.717, 1.165) is 43.6 Å². The van der Waals surface area contributed by atoms with Gasteiger partial charge in [0.2, 0.25) is 0 Å². The maximum Gasteiger partial charge on any atom is 0.272 e. The van der Waals surface area contributed by atoms with Crippen LogP contribution in [-0.4, -0.2) is 27.1 Å². The van der Waals surface area contributed by atoms with E-state index in [4.69, 9.17) is 5.10 Å². The molecule has 2 heterocycles. The normalized spacial score (nSPS) is 18.0.